The van der Waals surface area contributed by atoms with Gasteiger partial charge in [-0.05, 0) is 19.1 Å². The van der Waals surface area contributed by atoms with Gasteiger partial charge in [-0.1, -0.05) is 28.9 Å². The summed E-state index contributed by atoms with van der Waals surface area (Å²) in [4.78, 5) is 22.3. The maximum absolute atomic E-state index is 11.2. The minimum Gasteiger partial charge on any atom is -0.480 e. The van der Waals surface area contributed by atoms with Crippen LogP contribution in [-0.2, 0) is 4.79 Å². The molecule has 2 rings (SSSR count). The predicted octanol–water partition coefficient (Wildman–Crippen LogP) is 1.94. The molecule has 0 aliphatic rings. The van der Waals surface area contributed by atoms with E-state index in [0.717, 1.165) is 4.68 Å². The number of hydrogen-bond donors (Lipinski definition) is 2. The molecule has 7 nitrogen and oxygen atoms in total. The lowest BCUT2D eigenvalue weighted by Crippen LogP contribution is -2.18. The quantitative estimate of drug-likeness (QED) is 0.893. The van der Waals surface area contributed by atoms with Crippen LogP contribution in [0.25, 0.3) is 11.3 Å². The fraction of sp³-hybridized carbons (Fsp3) is 0.167. The number of halogens is 1. The van der Waals surface area contributed by atoms with Crippen molar-refractivity contribution in [3.8, 4) is 11.3 Å². The Labute approximate surface area is 118 Å². The summed E-state index contributed by atoms with van der Waals surface area (Å²) in [7, 11) is 0. The number of aromatic carboxylic acids is 1. The van der Waals surface area contributed by atoms with E-state index in [1.54, 1.807) is 18.2 Å². The molecule has 1 aromatic carbocycles. The zero-order chi connectivity index (χ0) is 14.9. The molecule has 20 heavy (non-hydrogen) atoms. The summed E-state index contributed by atoms with van der Waals surface area (Å²) >= 11 is 5.87. The second-order valence-corrected chi connectivity index (χ2v) is 4.50. The molecule has 2 aromatic rings. The lowest BCUT2D eigenvalue weighted by Gasteiger charge is -2.11. The zero-order valence-corrected chi connectivity index (χ0v) is 11.1. The van der Waals surface area contributed by atoms with E-state index in [1.165, 1.54) is 13.0 Å². The third-order valence-corrected chi connectivity index (χ3v) is 2.95. The standard InChI is InChI=1S/C12H10ClN3O4/c1-6(11(17)18)16-10(9(12(19)20)14-15-16)7-3-2-4-8(13)5-7/h2-6H,1H3,(H,17,18)(H,19,20). The first-order chi connectivity index (χ1) is 9.41. The van der Waals surface area contributed by atoms with Crippen molar-refractivity contribution in [3.63, 3.8) is 0 Å². The monoisotopic (exact) mass is 295 g/mol. The summed E-state index contributed by atoms with van der Waals surface area (Å²) in [6.45, 7) is 1.39. The van der Waals surface area contributed by atoms with E-state index in [4.69, 9.17) is 21.8 Å². The van der Waals surface area contributed by atoms with Crippen molar-refractivity contribution in [2.75, 3.05) is 0 Å². The number of carboxylic acids is 2. The summed E-state index contributed by atoms with van der Waals surface area (Å²) in [6, 6.07) is 5.34. The number of carbonyl (C=O) groups is 2. The van der Waals surface area contributed by atoms with Crippen molar-refractivity contribution < 1.29 is 19.8 Å². The number of carboxylic acid groups (broad SMARTS) is 2. The Morgan fingerprint density at radius 3 is 2.60 bits per heavy atom. The topological polar surface area (TPSA) is 105 Å². The summed E-state index contributed by atoms with van der Waals surface area (Å²) in [6.07, 6.45) is 0. The molecule has 2 N–H and O–H groups in total. The van der Waals surface area contributed by atoms with E-state index < -0.39 is 18.0 Å². The fourth-order valence-corrected chi connectivity index (χ4v) is 1.91. The lowest BCUT2D eigenvalue weighted by molar-refractivity contribution is -0.140. The number of hydrogen-bond acceptors (Lipinski definition) is 4. The molecule has 1 atom stereocenters. The molecule has 0 radical (unpaired) electrons. The second-order valence-electron chi connectivity index (χ2n) is 4.06. The van der Waals surface area contributed by atoms with E-state index in [0.29, 0.717) is 10.6 Å². The van der Waals surface area contributed by atoms with Crippen molar-refractivity contribution in [1.29, 1.82) is 0 Å². The molecule has 104 valence electrons. The molecule has 8 heteroatoms. The first kappa shape index (κ1) is 14.0. The molecule has 0 bridgehead atoms. The number of rotatable bonds is 4. The minimum absolute atomic E-state index is 0.106. The Bertz CT molecular complexity index is 683. The Morgan fingerprint density at radius 1 is 1.35 bits per heavy atom. The van der Waals surface area contributed by atoms with Crippen molar-refractivity contribution in [2.24, 2.45) is 0 Å². The highest BCUT2D eigenvalue weighted by molar-refractivity contribution is 6.30. The summed E-state index contributed by atoms with van der Waals surface area (Å²) in [5.41, 5.74) is 0.225. The van der Waals surface area contributed by atoms with Crippen LogP contribution in [0.2, 0.25) is 5.02 Å². The molecule has 0 amide bonds. The highest BCUT2D eigenvalue weighted by atomic mass is 35.5. The summed E-state index contributed by atoms with van der Waals surface area (Å²) < 4.78 is 1.05. The van der Waals surface area contributed by atoms with Gasteiger partial charge in [-0.15, -0.1) is 5.10 Å². The Morgan fingerprint density at radius 2 is 2.05 bits per heavy atom. The maximum Gasteiger partial charge on any atom is 0.358 e. The largest absolute Gasteiger partial charge is 0.480 e. The Kier molecular flexibility index (Phi) is 3.71. The number of aromatic nitrogens is 3. The smallest absolute Gasteiger partial charge is 0.358 e. The van der Waals surface area contributed by atoms with E-state index in [-0.39, 0.29) is 11.4 Å². The van der Waals surface area contributed by atoms with Gasteiger partial charge in [-0.3, -0.25) is 0 Å². The van der Waals surface area contributed by atoms with Crippen LogP contribution in [0.4, 0.5) is 0 Å². The van der Waals surface area contributed by atoms with E-state index in [2.05, 4.69) is 10.3 Å². The van der Waals surface area contributed by atoms with Gasteiger partial charge in [0.05, 0.1) is 0 Å². The van der Waals surface area contributed by atoms with Gasteiger partial charge >= 0.3 is 11.9 Å². The highest BCUT2D eigenvalue weighted by Gasteiger charge is 2.26. The maximum atomic E-state index is 11.2. The molecular formula is C12H10ClN3O4. The molecule has 1 aromatic heterocycles. The number of benzene rings is 1. The molecule has 0 aliphatic carbocycles. The number of aliphatic carboxylic acids is 1. The van der Waals surface area contributed by atoms with Gasteiger partial charge in [-0.2, -0.15) is 0 Å². The van der Waals surface area contributed by atoms with Gasteiger partial charge < -0.3 is 10.2 Å². The van der Waals surface area contributed by atoms with Crippen molar-refractivity contribution >= 4 is 23.5 Å². The average Bonchev–Trinajstić information content (AvgIpc) is 2.82. The van der Waals surface area contributed by atoms with Crippen LogP contribution in [-0.4, -0.2) is 37.1 Å². The van der Waals surface area contributed by atoms with E-state index in [1.807, 2.05) is 0 Å². The normalized spacial score (nSPS) is 12.1. The molecule has 1 heterocycles. The van der Waals surface area contributed by atoms with Crippen LogP contribution in [0.5, 0.6) is 0 Å². The predicted molar refractivity (Wildman–Crippen MR) is 69.8 cm³/mol. The van der Waals surface area contributed by atoms with Crippen LogP contribution in [0.3, 0.4) is 0 Å². The second kappa shape index (κ2) is 5.30. The van der Waals surface area contributed by atoms with Crippen LogP contribution in [0.15, 0.2) is 24.3 Å². The van der Waals surface area contributed by atoms with Crippen molar-refractivity contribution in [1.82, 2.24) is 15.0 Å². The van der Waals surface area contributed by atoms with Gasteiger partial charge in [-0.25, -0.2) is 14.3 Å². The fourth-order valence-electron chi connectivity index (χ4n) is 1.72. The van der Waals surface area contributed by atoms with E-state index in [9.17, 15) is 9.59 Å². The lowest BCUT2D eigenvalue weighted by atomic mass is 10.1. The van der Waals surface area contributed by atoms with E-state index >= 15 is 0 Å². The SMILES string of the molecule is CC(C(=O)O)n1nnc(C(=O)O)c1-c1cccc(Cl)c1. The summed E-state index contributed by atoms with van der Waals surface area (Å²) in [5, 5.41) is 25.7. The minimum atomic E-state index is -1.29. The number of nitrogens with zero attached hydrogens (tertiary/aromatic N) is 3. The first-order valence-corrected chi connectivity index (χ1v) is 5.97. The van der Waals surface area contributed by atoms with Gasteiger partial charge in [0.25, 0.3) is 0 Å². The molecule has 0 fully saturated rings. The average molecular weight is 296 g/mol. The van der Waals surface area contributed by atoms with Crippen LogP contribution < -0.4 is 0 Å². The zero-order valence-electron chi connectivity index (χ0n) is 10.3. The van der Waals surface area contributed by atoms with Crippen LogP contribution in [0, 0.1) is 0 Å². The van der Waals surface area contributed by atoms with Crippen LogP contribution >= 0.6 is 11.6 Å². The van der Waals surface area contributed by atoms with Gasteiger partial charge in [0.15, 0.2) is 5.69 Å². The first-order valence-electron chi connectivity index (χ1n) is 5.59. The van der Waals surface area contributed by atoms with Gasteiger partial charge in [0.1, 0.15) is 11.7 Å². The molecule has 0 spiro atoms. The molecule has 0 saturated heterocycles. The summed E-state index contributed by atoms with van der Waals surface area (Å²) in [5.74, 6) is -2.43. The Hall–Kier alpha value is -2.41. The third-order valence-electron chi connectivity index (χ3n) is 2.72. The van der Waals surface area contributed by atoms with Crippen molar-refractivity contribution in [2.45, 2.75) is 13.0 Å². The highest BCUT2D eigenvalue weighted by Crippen LogP contribution is 2.27. The molecule has 0 aliphatic heterocycles. The molecule has 0 saturated carbocycles. The third kappa shape index (κ3) is 2.48. The molecule has 1 unspecified atom stereocenters. The van der Waals surface area contributed by atoms with Crippen LogP contribution in [0.1, 0.15) is 23.5 Å². The molecular weight excluding hydrogens is 286 g/mol. The van der Waals surface area contributed by atoms with Crippen molar-refractivity contribution in [3.05, 3.63) is 35.0 Å². The Balaban J connectivity index is 2.67. The van der Waals surface area contributed by atoms with Gasteiger partial charge in [0.2, 0.25) is 0 Å². The van der Waals surface area contributed by atoms with Gasteiger partial charge in [0, 0.05) is 10.6 Å².